The number of nitrogens with zero attached hydrogens (tertiary/aromatic N) is 1. The number of hydrogen-bond donors (Lipinski definition) is 1. The second kappa shape index (κ2) is 5.31. The number of benzene rings is 1. The normalized spacial score (nSPS) is 27.1. The van der Waals surface area contributed by atoms with Crippen LogP contribution in [0.2, 0.25) is 0 Å². The van der Waals surface area contributed by atoms with Crippen LogP contribution >= 0.6 is 0 Å². The molecular formula is C17H21NO4S. The average molecular weight is 335 g/mol. The minimum absolute atomic E-state index is 0.0913. The van der Waals surface area contributed by atoms with Gasteiger partial charge in [-0.3, -0.25) is 0 Å². The molecule has 2 bridgehead atoms. The first-order valence-electron chi connectivity index (χ1n) is 8.38. The summed E-state index contributed by atoms with van der Waals surface area (Å²) in [5.74, 6) is -0.578. The minimum Gasteiger partial charge on any atom is -0.478 e. The maximum Gasteiger partial charge on any atom is 0.335 e. The van der Waals surface area contributed by atoms with Gasteiger partial charge in [-0.2, -0.15) is 4.31 Å². The van der Waals surface area contributed by atoms with Crippen LogP contribution in [0.4, 0.5) is 0 Å². The van der Waals surface area contributed by atoms with Crippen molar-refractivity contribution in [2.45, 2.75) is 55.9 Å². The Bertz CT molecular complexity index is 771. The SMILES string of the molecule is O=C(O)c1cc2c(c(S(=O)(=O)N3C[C@H]4CC[C@H]3C4)c1)CCCC2. The van der Waals surface area contributed by atoms with E-state index in [0.29, 0.717) is 12.5 Å². The van der Waals surface area contributed by atoms with Crippen LogP contribution in [0.3, 0.4) is 0 Å². The summed E-state index contributed by atoms with van der Waals surface area (Å²) >= 11 is 0. The number of aromatic carboxylic acids is 1. The number of rotatable bonds is 3. The van der Waals surface area contributed by atoms with Gasteiger partial charge in [0.05, 0.1) is 10.5 Å². The van der Waals surface area contributed by atoms with Crippen molar-refractivity contribution in [1.29, 1.82) is 0 Å². The molecule has 1 heterocycles. The van der Waals surface area contributed by atoms with Gasteiger partial charge in [0, 0.05) is 12.6 Å². The highest BCUT2D eigenvalue weighted by molar-refractivity contribution is 7.89. The molecule has 0 unspecified atom stereocenters. The number of carboxylic acids is 1. The summed E-state index contributed by atoms with van der Waals surface area (Å²) in [5.41, 5.74) is 1.84. The lowest BCUT2D eigenvalue weighted by Gasteiger charge is -2.29. The van der Waals surface area contributed by atoms with Gasteiger partial charge in [0.1, 0.15) is 0 Å². The number of carbonyl (C=O) groups is 1. The molecule has 0 radical (unpaired) electrons. The van der Waals surface area contributed by atoms with Crippen LogP contribution in [-0.4, -0.2) is 36.4 Å². The van der Waals surface area contributed by atoms with E-state index in [1.165, 1.54) is 6.07 Å². The van der Waals surface area contributed by atoms with E-state index < -0.39 is 16.0 Å². The molecule has 4 rings (SSSR count). The third-order valence-electron chi connectivity index (χ3n) is 5.62. The third kappa shape index (κ3) is 2.39. The fourth-order valence-corrected chi connectivity index (χ4v) is 6.55. The van der Waals surface area contributed by atoms with Gasteiger partial charge in [0.25, 0.3) is 0 Å². The zero-order valence-corrected chi connectivity index (χ0v) is 13.8. The number of fused-ring (bicyclic) bond motifs is 3. The van der Waals surface area contributed by atoms with E-state index in [4.69, 9.17) is 0 Å². The molecular weight excluding hydrogens is 314 g/mol. The van der Waals surface area contributed by atoms with Crippen molar-refractivity contribution < 1.29 is 18.3 Å². The summed E-state index contributed by atoms with van der Waals surface area (Å²) < 4.78 is 28.0. The van der Waals surface area contributed by atoms with Gasteiger partial charge in [-0.1, -0.05) is 0 Å². The molecule has 1 saturated carbocycles. The highest BCUT2D eigenvalue weighted by Crippen LogP contribution is 2.42. The van der Waals surface area contributed by atoms with Gasteiger partial charge < -0.3 is 5.11 Å². The van der Waals surface area contributed by atoms with Crippen LogP contribution in [0.15, 0.2) is 17.0 Å². The number of piperidine rings is 1. The average Bonchev–Trinajstić information content (AvgIpc) is 3.17. The van der Waals surface area contributed by atoms with Crippen molar-refractivity contribution in [1.82, 2.24) is 4.31 Å². The molecule has 3 aliphatic rings. The standard InChI is InChI=1S/C17H21NO4S/c19-17(20)13-8-12-3-1-2-4-15(12)16(9-13)23(21,22)18-10-11-5-6-14(18)7-11/h8-9,11,14H,1-7,10H2,(H,19,20)/t11-,14-/m0/s1. The van der Waals surface area contributed by atoms with Crippen molar-refractivity contribution in [3.05, 3.63) is 28.8 Å². The number of aryl methyl sites for hydroxylation is 1. The van der Waals surface area contributed by atoms with Crippen LogP contribution in [0.5, 0.6) is 0 Å². The van der Waals surface area contributed by atoms with Crippen LogP contribution in [0.25, 0.3) is 0 Å². The molecule has 1 saturated heterocycles. The number of sulfonamides is 1. The summed E-state index contributed by atoms with van der Waals surface area (Å²) in [6.07, 6.45) is 6.46. The topological polar surface area (TPSA) is 74.7 Å². The number of hydrogen-bond acceptors (Lipinski definition) is 3. The van der Waals surface area contributed by atoms with Crippen LogP contribution < -0.4 is 0 Å². The van der Waals surface area contributed by atoms with Gasteiger partial charge >= 0.3 is 5.97 Å². The Hall–Kier alpha value is -1.40. The zero-order valence-electron chi connectivity index (χ0n) is 13.0. The van der Waals surface area contributed by atoms with Gasteiger partial charge in [-0.05, 0) is 74.1 Å². The molecule has 23 heavy (non-hydrogen) atoms. The minimum atomic E-state index is -3.60. The van der Waals surface area contributed by atoms with E-state index in [-0.39, 0.29) is 16.5 Å². The first kappa shape index (κ1) is 15.1. The Morgan fingerprint density at radius 1 is 1.17 bits per heavy atom. The Kier molecular flexibility index (Phi) is 3.50. The molecule has 2 aliphatic carbocycles. The molecule has 0 aromatic heterocycles. The highest BCUT2D eigenvalue weighted by atomic mass is 32.2. The Labute approximate surface area is 136 Å². The largest absolute Gasteiger partial charge is 0.478 e. The first-order valence-corrected chi connectivity index (χ1v) is 9.82. The number of carboxylic acid groups (broad SMARTS) is 1. The van der Waals surface area contributed by atoms with E-state index in [1.54, 1.807) is 10.4 Å². The lowest BCUT2D eigenvalue weighted by atomic mass is 9.90. The molecule has 2 fully saturated rings. The van der Waals surface area contributed by atoms with Gasteiger partial charge in [-0.15, -0.1) is 0 Å². The molecule has 1 aliphatic heterocycles. The molecule has 0 amide bonds. The van der Waals surface area contributed by atoms with Crippen molar-refractivity contribution >= 4 is 16.0 Å². The molecule has 1 aromatic rings. The van der Waals surface area contributed by atoms with Crippen LogP contribution in [-0.2, 0) is 22.9 Å². The third-order valence-corrected chi connectivity index (χ3v) is 7.60. The van der Waals surface area contributed by atoms with E-state index >= 15 is 0 Å². The Morgan fingerprint density at radius 2 is 1.96 bits per heavy atom. The van der Waals surface area contributed by atoms with Crippen molar-refractivity contribution in [3.63, 3.8) is 0 Å². The second-order valence-corrected chi connectivity index (χ2v) is 8.89. The molecule has 0 spiro atoms. The van der Waals surface area contributed by atoms with E-state index in [9.17, 15) is 18.3 Å². The van der Waals surface area contributed by atoms with Crippen LogP contribution in [0.1, 0.15) is 53.6 Å². The molecule has 5 nitrogen and oxygen atoms in total. The molecule has 1 N–H and O–H groups in total. The van der Waals surface area contributed by atoms with Crippen molar-refractivity contribution in [3.8, 4) is 0 Å². The Balaban J connectivity index is 1.83. The summed E-state index contributed by atoms with van der Waals surface area (Å²) in [4.78, 5) is 11.7. The quantitative estimate of drug-likeness (QED) is 0.920. The van der Waals surface area contributed by atoms with Crippen LogP contribution in [0, 0.1) is 5.92 Å². The van der Waals surface area contributed by atoms with E-state index in [0.717, 1.165) is 56.1 Å². The van der Waals surface area contributed by atoms with E-state index in [1.807, 2.05) is 0 Å². The first-order chi connectivity index (χ1) is 11.0. The molecule has 2 atom stereocenters. The predicted octanol–water partition coefficient (Wildman–Crippen LogP) is 2.44. The monoisotopic (exact) mass is 335 g/mol. The molecule has 124 valence electrons. The van der Waals surface area contributed by atoms with Gasteiger partial charge in [-0.25, -0.2) is 13.2 Å². The van der Waals surface area contributed by atoms with E-state index in [2.05, 4.69) is 0 Å². The summed E-state index contributed by atoms with van der Waals surface area (Å²) in [7, 11) is -3.60. The summed E-state index contributed by atoms with van der Waals surface area (Å²) in [5, 5.41) is 9.34. The molecule has 6 heteroatoms. The Morgan fingerprint density at radius 3 is 2.61 bits per heavy atom. The smallest absolute Gasteiger partial charge is 0.335 e. The maximum absolute atomic E-state index is 13.2. The van der Waals surface area contributed by atoms with Crippen molar-refractivity contribution in [2.24, 2.45) is 5.92 Å². The van der Waals surface area contributed by atoms with Gasteiger partial charge in [0.2, 0.25) is 10.0 Å². The lowest BCUT2D eigenvalue weighted by Crippen LogP contribution is -2.38. The van der Waals surface area contributed by atoms with Crippen molar-refractivity contribution in [2.75, 3.05) is 6.54 Å². The fraction of sp³-hybridized carbons (Fsp3) is 0.588. The summed E-state index contributed by atoms with van der Waals surface area (Å²) in [6.45, 7) is 0.596. The zero-order chi connectivity index (χ0) is 16.2. The van der Waals surface area contributed by atoms with Gasteiger partial charge in [0.15, 0.2) is 0 Å². The summed E-state index contributed by atoms with van der Waals surface area (Å²) in [6, 6.07) is 3.15. The second-order valence-electron chi connectivity index (χ2n) is 7.03. The maximum atomic E-state index is 13.2. The molecule has 1 aromatic carbocycles. The predicted molar refractivity (Wildman–Crippen MR) is 85.1 cm³/mol. The fourth-order valence-electron chi connectivity index (χ4n) is 4.48. The highest BCUT2D eigenvalue weighted by Gasteiger charge is 2.45. The lowest BCUT2D eigenvalue weighted by molar-refractivity contribution is 0.0696.